The molecule has 0 aliphatic carbocycles. The molecule has 0 saturated heterocycles. The van der Waals surface area contributed by atoms with Crippen molar-refractivity contribution >= 4 is 14.2 Å². The van der Waals surface area contributed by atoms with Gasteiger partial charge in [-0.2, -0.15) is 0 Å². The van der Waals surface area contributed by atoms with Crippen LogP contribution < -0.4 is 0 Å². The molecule has 1 N–H and O–H groups in total. The minimum absolute atomic E-state index is 0.0194. The van der Waals surface area contributed by atoms with Crippen LogP contribution in [-0.2, 0) is 28.6 Å². The predicted molar refractivity (Wildman–Crippen MR) is 107 cm³/mol. The molecule has 0 aromatic heterocycles. The molecule has 1 aromatic rings. The van der Waals surface area contributed by atoms with Crippen LogP contribution in [0.15, 0.2) is 24.3 Å². The molecule has 0 heterocycles. The Balaban J connectivity index is 0.000000713. The van der Waals surface area contributed by atoms with Crippen molar-refractivity contribution in [3.05, 3.63) is 29.8 Å². The highest BCUT2D eigenvalue weighted by atomic mass is 31.1. The maximum Gasteiger partial charge on any atom is 0.697 e. The minimum Gasteiger partial charge on any atom is -0.508 e. The van der Waals surface area contributed by atoms with Crippen molar-refractivity contribution in [3.8, 4) is 5.75 Å². The van der Waals surface area contributed by atoms with Crippen molar-refractivity contribution in [1.82, 2.24) is 0 Å². The quantitative estimate of drug-likeness (QED) is 0.419. The zero-order valence-electron chi connectivity index (χ0n) is 17.4. The lowest BCUT2D eigenvalue weighted by Gasteiger charge is -2.26. The molecular weight excluding hydrogens is 367 g/mol. The summed E-state index contributed by atoms with van der Waals surface area (Å²) in [6, 6.07) is 7.27. The van der Waals surface area contributed by atoms with E-state index in [-0.39, 0.29) is 23.1 Å². The van der Waals surface area contributed by atoms with Gasteiger partial charge in [0.25, 0.3) is 0 Å². The third-order valence-electron chi connectivity index (χ3n) is 4.01. The third-order valence-corrected chi connectivity index (χ3v) is 4.95. The fraction of sp³-hybridized carbons (Fsp3) is 0.650. The van der Waals surface area contributed by atoms with E-state index in [9.17, 15) is 14.5 Å². The zero-order valence-corrected chi connectivity index (χ0v) is 18.3. The van der Waals surface area contributed by atoms with E-state index in [1.54, 1.807) is 26.0 Å². The number of hydrogen-bond acceptors (Lipinski definition) is 6. The number of phenolic OH excluding ortho intramolecular Hbond substituents is 1. The molecule has 0 bridgehead atoms. The second kappa shape index (κ2) is 13.6. The molecule has 1 atom stereocenters. The molecule has 0 radical (unpaired) electrons. The Kier molecular flexibility index (Phi) is 12.9. The average Bonchev–Trinajstić information content (AvgIpc) is 2.61. The van der Waals surface area contributed by atoms with E-state index in [0.29, 0.717) is 19.8 Å². The summed E-state index contributed by atoms with van der Waals surface area (Å²) in [6.45, 7) is 12.9. The number of benzene rings is 1. The number of hydrogen-bond donors (Lipinski definition) is 1. The maximum atomic E-state index is 11.6. The molecule has 0 amide bonds. The minimum atomic E-state index is -1.83. The Labute approximate surface area is 164 Å². The molecular formula is C20H34O6P+. The predicted octanol–water partition coefficient (Wildman–Crippen LogP) is 5.37. The van der Waals surface area contributed by atoms with Gasteiger partial charge in [-0.05, 0) is 56.7 Å². The van der Waals surface area contributed by atoms with E-state index in [0.717, 1.165) is 12.8 Å². The van der Waals surface area contributed by atoms with Gasteiger partial charge in [-0.1, -0.05) is 32.9 Å². The standard InChI is InChI=1S/C16H24O3.C4H10O3P/c1-5-19-15(18)12(2)10-11-16(3,4)13-6-8-14(17)9-7-13;1-3-6-8(5)7-4-2/h6-9,12,17H,5,10-11H2,1-4H3;3-4H2,1-2H3/q;+1. The average molecular weight is 401 g/mol. The van der Waals surface area contributed by atoms with Gasteiger partial charge in [0.1, 0.15) is 19.0 Å². The number of ether oxygens (including phenoxy) is 1. The summed E-state index contributed by atoms with van der Waals surface area (Å²) < 4.78 is 24.5. The lowest BCUT2D eigenvalue weighted by Crippen LogP contribution is -2.21. The Morgan fingerprint density at radius 2 is 1.59 bits per heavy atom. The van der Waals surface area contributed by atoms with Crippen molar-refractivity contribution in [2.24, 2.45) is 5.92 Å². The SMILES string of the molecule is CCOC(=O)C(C)CCC(C)(C)c1ccc(O)cc1.CCO[P+](=O)OCC. The molecule has 7 heteroatoms. The van der Waals surface area contributed by atoms with E-state index < -0.39 is 8.25 Å². The fourth-order valence-corrected chi connectivity index (χ4v) is 2.78. The van der Waals surface area contributed by atoms with Crippen molar-refractivity contribution < 1.29 is 28.3 Å². The van der Waals surface area contributed by atoms with Crippen LogP contribution in [0.25, 0.3) is 0 Å². The van der Waals surface area contributed by atoms with Gasteiger partial charge in [-0.25, -0.2) is 0 Å². The largest absolute Gasteiger partial charge is 0.697 e. The van der Waals surface area contributed by atoms with Crippen LogP contribution in [0.1, 0.15) is 59.9 Å². The van der Waals surface area contributed by atoms with Gasteiger partial charge in [0.2, 0.25) is 0 Å². The van der Waals surface area contributed by atoms with Crippen LogP contribution in [0.4, 0.5) is 0 Å². The van der Waals surface area contributed by atoms with E-state index in [4.69, 9.17) is 4.74 Å². The van der Waals surface area contributed by atoms with Gasteiger partial charge in [0.05, 0.1) is 12.5 Å². The molecule has 6 nitrogen and oxygen atoms in total. The lowest BCUT2D eigenvalue weighted by atomic mass is 9.79. The molecule has 0 saturated carbocycles. The van der Waals surface area contributed by atoms with Gasteiger partial charge in [0, 0.05) is 4.57 Å². The number of carbonyl (C=O) groups is 1. The monoisotopic (exact) mass is 401 g/mol. The number of carbonyl (C=O) groups excluding carboxylic acids is 1. The summed E-state index contributed by atoms with van der Waals surface area (Å²) in [4.78, 5) is 11.6. The second-order valence-electron chi connectivity index (χ2n) is 6.68. The lowest BCUT2D eigenvalue weighted by molar-refractivity contribution is -0.147. The first-order chi connectivity index (χ1) is 12.7. The highest BCUT2D eigenvalue weighted by Gasteiger charge is 2.23. The Morgan fingerprint density at radius 3 is 2.04 bits per heavy atom. The summed E-state index contributed by atoms with van der Waals surface area (Å²) in [5.74, 6) is 0.0831. The summed E-state index contributed by atoms with van der Waals surface area (Å²) >= 11 is 0. The first-order valence-electron chi connectivity index (χ1n) is 9.37. The van der Waals surface area contributed by atoms with Crippen molar-refractivity contribution in [3.63, 3.8) is 0 Å². The van der Waals surface area contributed by atoms with E-state index in [2.05, 4.69) is 22.9 Å². The van der Waals surface area contributed by atoms with Crippen LogP contribution >= 0.6 is 8.25 Å². The third kappa shape index (κ3) is 11.1. The van der Waals surface area contributed by atoms with E-state index in [1.165, 1.54) is 5.56 Å². The fourth-order valence-electron chi connectivity index (χ4n) is 2.28. The molecule has 0 aliphatic rings. The second-order valence-corrected chi connectivity index (χ2v) is 7.65. The van der Waals surface area contributed by atoms with Gasteiger partial charge in [-0.15, -0.1) is 9.05 Å². The number of rotatable bonds is 10. The summed E-state index contributed by atoms with van der Waals surface area (Å²) in [7, 11) is -1.83. The van der Waals surface area contributed by atoms with Crippen molar-refractivity contribution in [1.29, 1.82) is 0 Å². The molecule has 27 heavy (non-hydrogen) atoms. The van der Waals surface area contributed by atoms with Crippen molar-refractivity contribution in [2.45, 2.75) is 59.8 Å². The van der Waals surface area contributed by atoms with Crippen molar-refractivity contribution in [2.75, 3.05) is 19.8 Å². The van der Waals surface area contributed by atoms with Crippen LogP contribution in [0.3, 0.4) is 0 Å². The van der Waals surface area contributed by atoms with Gasteiger partial charge < -0.3 is 9.84 Å². The molecule has 1 aromatic carbocycles. The Hall–Kier alpha value is -1.49. The summed E-state index contributed by atoms with van der Waals surface area (Å²) in [6.07, 6.45) is 1.70. The van der Waals surface area contributed by atoms with Crippen LogP contribution in [-0.4, -0.2) is 30.9 Å². The molecule has 0 aliphatic heterocycles. The number of esters is 1. The van der Waals surface area contributed by atoms with Gasteiger partial charge in [-0.3, -0.25) is 4.79 Å². The van der Waals surface area contributed by atoms with Gasteiger partial charge >= 0.3 is 14.2 Å². The smallest absolute Gasteiger partial charge is 0.508 e. The van der Waals surface area contributed by atoms with Crippen LogP contribution in [0, 0.1) is 5.92 Å². The topological polar surface area (TPSA) is 82.1 Å². The number of aromatic hydroxyl groups is 1. The normalized spacial score (nSPS) is 11.9. The molecule has 0 spiro atoms. The van der Waals surface area contributed by atoms with E-state index in [1.807, 2.05) is 26.0 Å². The molecule has 1 unspecified atom stereocenters. The summed E-state index contributed by atoms with van der Waals surface area (Å²) in [5, 5.41) is 9.31. The highest BCUT2D eigenvalue weighted by Crippen LogP contribution is 2.31. The molecule has 154 valence electrons. The highest BCUT2D eigenvalue weighted by molar-refractivity contribution is 7.33. The summed E-state index contributed by atoms with van der Waals surface area (Å²) in [5.41, 5.74) is 1.15. The van der Waals surface area contributed by atoms with E-state index >= 15 is 0 Å². The maximum absolute atomic E-state index is 11.6. The first-order valence-corrected chi connectivity index (χ1v) is 10.5. The van der Waals surface area contributed by atoms with Crippen LogP contribution in [0.5, 0.6) is 5.75 Å². The Morgan fingerprint density at radius 1 is 1.07 bits per heavy atom. The van der Waals surface area contributed by atoms with Crippen LogP contribution in [0.2, 0.25) is 0 Å². The zero-order chi connectivity index (χ0) is 20.9. The first kappa shape index (κ1) is 25.5. The molecule has 1 rings (SSSR count). The number of phenols is 1. The Bertz CT molecular complexity index is 548. The van der Waals surface area contributed by atoms with Gasteiger partial charge in [0.15, 0.2) is 0 Å². The molecule has 0 fully saturated rings.